The SMILES string of the molecule is NNc1ccc([N+](=O)[O-])c(OCCO)n1. The molecule has 0 radical (unpaired) electrons. The Labute approximate surface area is 84.8 Å². The monoisotopic (exact) mass is 214 g/mol. The zero-order chi connectivity index (χ0) is 11.3. The third-order valence-electron chi connectivity index (χ3n) is 1.51. The maximum Gasteiger partial charge on any atom is 0.331 e. The molecular formula is C7H10N4O4. The molecule has 1 rings (SSSR count). The van der Waals surface area contributed by atoms with E-state index < -0.39 is 4.92 Å². The van der Waals surface area contributed by atoms with Gasteiger partial charge in [-0.25, -0.2) is 5.84 Å². The highest BCUT2D eigenvalue weighted by atomic mass is 16.6. The fourth-order valence-corrected chi connectivity index (χ4v) is 0.901. The Morgan fingerprint density at radius 2 is 2.40 bits per heavy atom. The van der Waals surface area contributed by atoms with Crippen LogP contribution in [0, 0.1) is 10.1 Å². The highest BCUT2D eigenvalue weighted by Crippen LogP contribution is 2.25. The first kappa shape index (κ1) is 11.1. The summed E-state index contributed by atoms with van der Waals surface area (Å²) in [7, 11) is 0. The Balaban J connectivity index is 2.99. The van der Waals surface area contributed by atoms with Crippen molar-refractivity contribution in [3.05, 3.63) is 22.2 Å². The van der Waals surface area contributed by atoms with Gasteiger partial charge in [-0.3, -0.25) is 10.1 Å². The Hall–Kier alpha value is -1.93. The first-order valence-corrected chi connectivity index (χ1v) is 4.04. The highest BCUT2D eigenvalue weighted by Gasteiger charge is 2.17. The van der Waals surface area contributed by atoms with E-state index in [-0.39, 0.29) is 30.6 Å². The Morgan fingerprint density at radius 1 is 1.67 bits per heavy atom. The smallest absolute Gasteiger partial charge is 0.331 e. The van der Waals surface area contributed by atoms with E-state index in [1.807, 2.05) is 0 Å². The molecule has 0 spiro atoms. The van der Waals surface area contributed by atoms with E-state index in [9.17, 15) is 10.1 Å². The molecule has 0 unspecified atom stereocenters. The van der Waals surface area contributed by atoms with Crippen molar-refractivity contribution < 1.29 is 14.8 Å². The molecule has 1 aromatic rings. The zero-order valence-corrected chi connectivity index (χ0v) is 7.71. The third kappa shape index (κ3) is 2.76. The number of hydrogen-bond donors (Lipinski definition) is 3. The summed E-state index contributed by atoms with van der Waals surface area (Å²) in [5.74, 6) is 5.15. The number of ether oxygens (including phenoxy) is 1. The topological polar surface area (TPSA) is 124 Å². The fourth-order valence-electron chi connectivity index (χ4n) is 0.901. The third-order valence-corrected chi connectivity index (χ3v) is 1.51. The van der Waals surface area contributed by atoms with Crippen molar-refractivity contribution in [2.45, 2.75) is 0 Å². The number of hydrogen-bond acceptors (Lipinski definition) is 7. The quantitative estimate of drug-likeness (QED) is 0.347. The van der Waals surface area contributed by atoms with E-state index in [1.165, 1.54) is 12.1 Å². The van der Waals surface area contributed by atoms with Crippen LogP contribution < -0.4 is 16.0 Å². The van der Waals surface area contributed by atoms with Crippen LogP contribution >= 0.6 is 0 Å². The molecule has 0 saturated carbocycles. The number of aromatic nitrogens is 1. The maximum absolute atomic E-state index is 10.6. The van der Waals surface area contributed by atoms with Crippen molar-refractivity contribution in [2.75, 3.05) is 18.6 Å². The lowest BCUT2D eigenvalue weighted by Gasteiger charge is -2.05. The van der Waals surface area contributed by atoms with Crippen LogP contribution in [0.4, 0.5) is 11.5 Å². The summed E-state index contributed by atoms with van der Waals surface area (Å²) in [6, 6.07) is 2.57. The molecule has 0 amide bonds. The van der Waals surface area contributed by atoms with Crippen molar-refractivity contribution in [1.29, 1.82) is 0 Å². The average molecular weight is 214 g/mol. The highest BCUT2D eigenvalue weighted by molar-refractivity contribution is 5.48. The number of nitrogen functional groups attached to an aromatic ring is 1. The lowest BCUT2D eigenvalue weighted by Crippen LogP contribution is -2.11. The first-order valence-electron chi connectivity index (χ1n) is 4.04. The molecule has 0 aromatic carbocycles. The molecule has 0 aliphatic heterocycles. The number of rotatable bonds is 5. The summed E-state index contributed by atoms with van der Waals surface area (Å²) in [6.45, 7) is -0.318. The van der Waals surface area contributed by atoms with Gasteiger partial charge in [0.15, 0.2) is 0 Å². The molecule has 4 N–H and O–H groups in total. The zero-order valence-electron chi connectivity index (χ0n) is 7.71. The van der Waals surface area contributed by atoms with Crippen molar-refractivity contribution in [3.8, 4) is 5.88 Å². The number of hydrazine groups is 1. The van der Waals surface area contributed by atoms with Crippen LogP contribution in [0.1, 0.15) is 0 Å². The standard InChI is InChI=1S/C7H10N4O4/c8-10-6-2-1-5(11(13)14)7(9-6)15-4-3-12/h1-2,12H,3-4,8H2,(H,9,10). The van der Waals surface area contributed by atoms with E-state index in [0.717, 1.165) is 0 Å². The van der Waals surface area contributed by atoms with Gasteiger partial charge >= 0.3 is 5.69 Å². The molecule has 0 saturated heterocycles. The van der Waals surface area contributed by atoms with Crippen molar-refractivity contribution in [3.63, 3.8) is 0 Å². The van der Waals surface area contributed by atoms with Crippen LogP contribution in [0.2, 0.25) is 0 Å². The molecule has 0 aliphatic rings. The minimum Gasteiger partial charge on any atom is -0.470 e. The fraction of sp³-hybridized carbons (Fsp3) is 0.286. The van der Waals surface area contributed by atoms with Gasteiger partial charge in [0.2, 0.25) is 0 Å². The van der Waals surface area contributed by atoms with Crippen LogP contribution in [-0.4, -0.2) is 28.2 Å². The summed E-state index contributed by atoms with van der Waals surface area (Å²) in [5.41, 5.74) is 1.96. The Kier molecular flexibility index (Phi) is 3.77. The van der Waals surface area contributed by atoms with E-state index in [4.69, 9.17) is 15.7 Å². The lowest BCUT2D eigenvalue weighted by atomic mass is 10.4. The minimum atomic E-state index is -0.625. The van der Waals surface area contributed by atoms with Crippen LogP contribution in [0.3, 0.4) is 0 Å². The van der Waals surface area contributed by atoms with Gasteiger partial charge in [0.1, 0.15) is 12.4 Å². The van der Waals surface area contributed by atoms with Gasteiger partial charge in [0.05, 0.1) is 11.5 Å². The Bertz CT molecular complexity index is 357. The average Bonchev–Trinajstić information content (AvgIpc) is 2.25. The van der Waals surface area contributed by atoms with Gasteiger partial charge in [0.25, 0.3) is 5.88 Å². The summed E-state index contributed by atoms with van der Waals surface area (Å²) in [4.78, 5) is 13.7. The summed E-state index contributed by atoms with van der Waals surface area (Å²) in [5, 5.41) is 19.1. The normalized spacial score (nSPS) is 9.73. The van der Waals surface area contributed by atoms with E-state index >= 15 is 0 Å². The minimum absolute atomic E-state index is 0.0676. The molecule has 0 bridgehead atoms. The number of pyridine rings is 1. The van der Waals surface area contributed by atoms with Gasteiger partial charge in [-0.05, 0) is 6.07 Å². The first-order chi connectivity index (χ1) is 7.19. The summed E-state index contributed by atoms with van der Waals surface area (Å²) >= 11 is 0. The number of anilines is 1. The van der Waals surface area contributed by atoms with Gasteiger partial charge in [-0.1, -0.05) is 0 Å². The van der Waals surface area contributed by atoms with Crippen molar-refractivity contribution in [1.82, 2.24) is 4.98 Å². The van der Waals surface area contributed by atoms with Gasteiger partial charge in [0, 0.05) is 6.07 Å². The maximum atomic E-state index is 10.6. The summed E-state index contributed by atoms with van der Waals surface area (Å²) in [6.07, 6.45) is 0. The molecule has 1 heterocycles. The van der Waals surface area contributed by atoms with Crippen molar-refractivity contribution >= 4 is 11.5 Å². The number of aliphatic hydroxyl groups is 1. The van der Waals surface area contributed by atoms with Gasteiger partial charge in [-0.15, -0.1) is 0 Å². The second-order valence-corrected chi connectivity index (χ2v) is 2.49. The Morgan fingerprint density at radius 3 is 2.93 bits per heavy atom. The molecule has 1 aromatic heterocycles. The number of aliphatic hydroxyl groups excluding tert-OH is 1. The molecule has 0 aliphatic carbocycles. The second kappa shape index (κ2) is 5.08. The van der Waals surface area contributed by atoms with Crippen LogP contribution in [0.25, 0.3) is 0 Å². The summed E-state index contributed by atoms with van der Waals surface area (Å²) < 4.78 is 4.89. The van der Waals surface area contributed by atoms with E-state index in [1.54, 1.807) is 0 Å². The van der Waals surface area contributed by atoms with Crippen LogP contribution in [0.5, 0.6) is 5.88 Å². The van der Waals surface area contributed by atoms with Gasteiger partial charge < -0.3 is 15.3 Å². The predicted molar refractivity (Wildman–Crippen MR) is 51.3 cm³/mol. The lowest BCUT2D eigenvalue weighted by molar-refractivity contribution is -0.386. The van der Waals surface area contributed by atoms with Gasteiger partial charge in [-0.2, -0.15) is 4.98 Å². The molecule has 0 fully saturated rings. The number of nitrogens with two attached hydrogens (primary N) is 1. The number of nitrogens with one attached hydrogen (secondary N) is 1. The van der Waals surface area contributed by atoms with Crippen LogP contribution in [-0.2, 0) is 0 Å². The number of nitro groups is 1. The molecular weight excluding hydrogens is 204 g/mol. The van der Waals surface area contributed by atoms with E-state index in [2.05, 4.69) is 10.4 Å². The second-order valence-electron chi connectivity index (χ2n) is 2.49. The number of nitrogens with zero attached hydrogens (tertiary/aromatic N) is 2. The molecule has 15 heavy (non-hydrogen) atoms. The predicted octanol–water partition coefficient (Wildman–Crippen LogP) is -0.354. The molecule has 8 heteroatoms. The van der Waals surface area contributed by atoms with Crippen molar-refractivity contribution in [2.24, 2.45) is 5.84 Å². The van der Waals surface area contributed by atoms with E-state index in [0.29, 0.717) is 0 Å². The largest absolute Gasteiger partial charge is 0.470 e. The molecule has 8 nitrogen and oxygen atoms in total. The van der Waals surface area contributed by atoms with Crippen LogP contribution in [0.15, 0.2) is 12.1 Å². The molecule has 82 valence electrons. The molecule has 0 atom stereocenters.